The van der Waals surface area contributed by atoms with Gasteiger partial charge in [0.05, 0.1) is 14.2 Å². The third-order valence-electron chi connectivity index (χ3n) is 4.21. The molecule has 0 radical (unpaired) electrons. The van der Waals surface area contributed by atoms with Gasteiger partial charge in [0, 0.05) is 12.3 Å². The van der Waals surface area contributed by atoms with Crippen LogP contribution >= 0.6 is 0 Å². The van der Waals surface area contributed by atoms with Crippen LogP contribution in [0.4, 0.5) is 0 Å². The summed E-state index contributed by atoms with van der Waals surface area (Å²) in [4.78, 5) is 21.1. The summed E-state index contributed by atoms with van der Waals surface area (Å²) in [5.74, 6) is -0.485. The van der Waals surface area contributed by atoms with Crippen molar-refractivity contribution < 1.29 is 19.6 Å². The maximum Gasteiger partial charge on any atom is 0.236 e. The highest BCUT2D eigenvalue weighted by atomic mass is 17.3. The first-order chi connectivity index (χ1) is 10.7. The second-order valence-corrected chi connectivity index (χ2v) is 6.10. The molecular weight excluding hydrogens is 280 g/mol. The first-order valence-corrected chi connectivity index (χ1v) is 9.14. The lowest BCUT2D eigenvalue weighted by molar-refractivity contribution is -0.515. The molecule has 4 heteroatoms. The predicted molar refractivity (Wildman–Crippen MR) is 90.2 cm³/mol. The smallest absolute Gasteiger partial charge is 0.236 e. The summed E-state index contributed by atoms with van der Waals surface area (Å²) in [5.41, 5.74) is 0. The largest absolute Gasteiger partial charge is 0.237 e. The maximum atomic E-state index is 5.57. The molecule has 1 atom stereocenters. The Balaban J connectivity index is 4.58. The van der Waals surface area contributed by atoms with E-state index in [0.717, 1.165) is 32.1 Å². The van der Waals surface area contributed by atoms with E-state index in [-0.39, 0.29) is 0 Å². The molecule has 0 aliphatic rings. The summed E-state index contributed by atoms with van der Waals surface area (Å²) in [6, 6.07) is 0. The van der Waals surface area contributed by atoms with E-state index in [1.807, 2.05) is 0 Å². The minimum atomic E-state index is -0.780. The Kier molecular flexibility index (Phi) is 14.3. The Hall–Kier alpha value is -0.160. The molecule has 0 N–H and O–H groups in total. The van der Waals surface area contributed by atoms with E-state index >= 15 is 0 Å². The topological polar surface area (TPSA) is 36.9 Å². The number of unbranched alkanes of at least 4 members (excludes halogenated alkanes) is 5. The summed E-state index contributed by atoms with van der Waals surface area (Å²) < 4.78 is 0. The molecule has 0 spiro atoms. The number of hydrogen-bond acceptors (Lipinski definition) is 4. The average molecular weight is 318 g/mol. The molecule has 4 nitrogen and oxygen atoms in total. The second kappa shape index (κ2) is 14.4. The van der Waals surface area contributed by atoms with Crippen molar-refractivity contribution in [2.45, 2.75) is 97.2 Å². The Labute approximate surface area is 137 Å². The van der Waals surface area contributed by atoms with Crippen molar-refractivity contribution in [1.82, 2.24) is 0 Å². The van der Waals surface area contributed by atoms with Crippen LogP contribution in [0.25, 0.3) is 0 Å². The van der Waals surface area contributed by atoms with E-state index in [2.05, 4.69) is 20.8 Å². The van der Waals surface area contributed by atoms with E-state index in [1.54, 1.807) is 0 Å². The van der Waals surface area contributed by atoms with E-state index in [4.69, 9.17) is 19.6 Å². The van der Waals surface area contributed by atoms with Gasteiger partial charge in [0.2, 0.25) is 5.79 Å². The molecule has 0 aromatic carbocycles. The lowest BCUT2D eigenvalue weighted by Gasteiger charge is -2.36. The standard InChI is InChI=1S/C18H38O4/c1-6-9-10-11-12-13-15-17(14-7-2)18(16-8-3,21-19-4)22-20-5/h17H,6-16H2,1-5H3. The number of hydrogen-bond donors (Lipinski definition) is 0. The average Bonchev–Trinajstić information content (AvgIpc) is 2.50. The van der Waals surface area contributed by atoms with Crippen LogP contribution in [-0.4, -0.2) is 20.0 Å². The molecule has 22 heavy (non-hydrogen) atoms. The van der Waals surface area contributed by atoms with Crippen molar-refractivity contribution in [3.8, 4) is 0 Å². The maximum absolute atomic E-state index is 5.57. The van der Waals surface area contributed by atoms with E-state index in [1.165, 1.54) is 52.7 Å². The Morgan fingerprint density at radius 1 is 0.682 bits per heavy atom. The van der Waals surface area contributed by atoms with Crippen LogP contribution in [0, 0.1) is 5.92 Å². The van der Waals surface area contributed by atoms with Crippen LogP contribution in [0.2, 0.25) is 0 Å². The van der Waals surface area contributed by atoms with E-state index in [9.17, 15) is 0 Å². The number of rotatable bonds is 16. The van der Waals surface area contributed by atoms with E-state index < -0.39 is 5.79 Å². The van der Waals surface area contributed by atoms with Gasteiger partial charge < -0.3 is 0 Å². The Bertz CT molecular complexity index is 216. The first kappa shape index (κ1) is 21.8. The highest BCUT2D eigenvalue weighted by molar-refractivity contribution is 4.78. The molecular formula is C18H38O4. The molecule has 0 bridgehead atoms. The SMILES string of the molecule is CCCCCCCCC(CCC)C(CCC)(OOC)OOC. The fraction of sp³-hybridized carbons (Fsp3) is 1.00. The molecule has 0 fully saturated rings. The quantitative estimate of drug-likeness (QED) is 0.156. The van der Waals surface area contributed by atoms with Gasteiger partial charge in [0.1, 0.15) is 0 Å². The molecule has 0 saturated heterocycles. The van der Waals surface area contributed by atoms with Crippen molar-refractivity contribution in [1.29, 1.82) is 0 Å². The predicted octanol–water partition coefficient (Wildman–Crippen LogP) is 5.81. The molecule has 0 aromatic rings. The summed E-state index contributed by atoms with van der Waals surface area (Å²) >= 11 is 0. The molecule has 0 amide bonds. The van der Waals surface area contributed by atoms with Crippen molar-refractivity contribution in [3.05, 3.63) is 0 Å². The third-order valence-corrected chi connectivity index (χ3v) is 4.21. The molecule has 0 saturated carbocycles. The first-order valence-electron chi connectivity index (χ1n) is 9.14. The molecule has 1 unspecified atom stereocenters. The van der Waals surface area contributed by atoms with Crippen LogP contribution in [0.5, 0.6) is 0 Å². The minimum absolute atomic E-state index is 0.295. The van der Waals surface area contributed by atoms with Crippen LogP contribution in [0.3, 0.4) is 0 Å². The molecule has 0 aliphatic heterocycles. The van der Waals surface area contributed by atoms with Gasteiger partial charge in [0.25, 0.3) is 0 Å². The van der Waals surface area contributed by atoms with Gasteiger partial charge in [-0.05, 0) is 12.8 Å². The third kappa shape index (κ3) is 8.47. The van der Waals surface area contributed by atoms with E-state index in [0.29, 0.717) is 5.92 Å². The Morgan fingerprint density at radius 3 is 1.77 bits per heavy atom. The molecule has 0 heterocycles. The van der Waals surface area contributed by atoms with Crippen molar-refractivity contribution in [3.63, 3.8) is 0 Å². The monoisotopic (exact) mass is 318 g/mol. The zero-order valence-electron chi connectivity index (χ0n) is 15.5. The Morgan fingerprint density at radius 2 is 1.27 bits per heavy atom. The van der Waals surface area contributed by atoms with Gasteiger partial charge in [-0.2, -0.15) is 9.78 Å². The van der Waals surface area contributed by atoms with Gasteiger partial charge in [0.15, 0.2) is 0 Å². The normalized spacial score (nSPS) is 13.5. The zero-order chi connectivity index (χ0) is 16.7. The lowest BCUT2D eigenvalue weighted by atomic mass is 9.86. The fourth-order valence-corrected chi connectivity index (χ4v) is 3.17. The lowest BCUT2D eigenvalue weighted by Crippen LogP contribution is -2.43. The highest BCUT2D eigenvalue weighted by Crippen LogP contribution is 2.36. The summed E-state index contributed by atoms with van der Waals surface area (Å²) in [6.07, 6.45) is 12.8. The molecule has 0 aromatic heterocycles. The van der Waals surface area contributed by atoms with Crippen LogP contribution in [-0.2, 0) is 19.6 Å². The van der Waals surface area contributed by atoms with Crippen molar-refractivity contribution in [2.24, 2.45) is 5.92 Å². The zero-order valence-corrected chi connectivity index (χ0v) is 15.5. The molecule has 134 valence electrons. The minimum Gasteiger partial charge on any atom is -0.237 e. The molecule has 0 aliphatic carbocycles. The van der Waals surface area contributed by atoms with Gasteiger partial charge in [-0.3, -0.25) is 0 Å². The second-order valence-electron chi connectivity index (χ2n) is 6.10. The van der Waals surface area contributed by atoms with Crippen LogP contribution in [0.15, 0.2) is 0 Å². The molecule has 0 rings (SSSR count). The summed E-state index contributed by atoms with van der Waals surface area (Å²) in [6.45, 7) is 6.58. The van der Waals surface area contributed by atoms with Gasteiger partial charge >= 0.3 is 0 Å². The fourth-order valence-electron chi connectivity index (χ4n) is 3.17. The van der Waals surface area contributed by atoms with Crippen molar-refractivity contribution in [2.75, 3.05) is 14.2 Å². The summed E-state index contributed by atoms with van der Waals surface area (Å²) in [5, 5.41) is 0. The van der Waals surface area contributed by atoms with Crippen LogP contribution in [0.1, 0.15) is 91.4 Å². The van der Waals surface area contributed by atoms with Gasteiger partial charge in [-0.15, -0.1) is 0 Å². The highest BCUT2D eigenvalue weighted by Gasteiger charge is 2.42. The van der Waals surface area contributed by atoms with Gasteiger partial charge in [-0.1, -0.05) is 72.1 Å². The summed E-state index contributed by atoms with van der Waals surface area (Å²) in [7, 11) is 3.08. The van der Waals surface area contributed by atoms with Crippen molar-refractivity contribution >= 4 is 0 Å². The van der Waals surface area contributed by atoms with Gasteiger partial charge in [-0.25, -0.2) is 9.78 Å². The van der Waals surface area contributed by atoms with Crippen LogP contribution < -0.4 is 0 Å².